The molecular formula is C17H29N3OS2. The van der Waals surface area contributed by atoms with Crippen LogP contribution in [0.5, 0.6) is 0 Å². The number of hydrogen-bond acceptors (Lipinski definition) is 5. The quantitative estimate of drug-likeness (QED) is 0.727. The minimum absolute atomic E-state index is 0.189. The number of piperidine rings is 1. The number of amides is 1. The van der Waals surface area contributed by atoms with Gasteiger partial charge in [0.15, 0.2) is 0 Å². The summed E-state index contributed by atoms with van der Waals surface area (Å²) in [6.45, 7) is 9.69. The molecule has 0 aliphatic carbocycles. The molecule has 0 bridgehead atoms. The average Bonchev–Trinajstić information content (AvgIpc) is 2.95. The fourth-order valence-electron chi connectivity index (χ4n) is 2.90. The van der Waals surface area contributed by atoms with Gasteiger partial charge >= 0.3 is 0 Å². The lowest BCUT2D eigenvalue weighted by Crippen LogP contribution is -2.43. The normalized spacial score (nSPS) is 19.2. The van der Waals surface area contributed by atoms with Gasteiger partial charge in [-0.1, -0.05) is 0 Å². The van der Waals surface area contributed by atoms with Gasteiger partial charge in [-0.3, -0.25) is 4.79 Å². The molecule has 0 spiro atoms. The number of thiazole rings is 1. The first-order chi connectivity index (χ1) is 11.0. The second-order valence-electron chi connectivity index (χ2n) is 6.56. The van der Waals surface area contributed by atoms with Crippen molar-refractivity contribution in [2.75, 3.05) is 25.4 Å². The van der Waals surface area contributed by atoms with Gasteiger partial charge in [0.05, 0.1) is 10.7 Å². The van der Waals surface area contributed by atoms with E-state index >= 15 is 0 Å². The molecule has 0 unspecified atom stereocenters. The van der Waals surface area contributed by atoms with E-state index in [-0.39, 0.29) is 5.91 Å². The molecule has 1 saturated heterocycles. The Hall–Kier alpha value is -0.590. The minimum Gasteiger partial charge on any atom is -0.356 e. The maximum absolute atomic E-state index is 12.0. The maximum atomic E-state index is 12.0. The number of carbonyl (C=O) groups excluding carboxylic acids is 1. The van der Waals surface area contributed by atoms with Crippen LogP contribution in [-0.2, 0) is 10.5 Å². The topological polar surface area (TPSA) is 45.2 Å². The SMILES string of the molecule is Cc1nc(CSCCC(=O)NC[C@@H]2CCCN(C(C)C)C2)cs1. The van der Waals surface area contributed by atoms with Crippen molar-refractivity contribution in [1.29, 1.82) is 0 Å². The minimum atomic E-state index is 0.189. The van der Waals surface area contributed by atoms with Crippen LogP contribution in [0.25, 0.3) is 0 Å². The molecular weight excluding hydrogens is 326 g/mol. The van der Waals surface area contributed by atoms with Crippen LogP contribution in [0.15, 0.2) is 5.38 Å². The Labute approximate surface area is 148 Å². The second kappa shape index (κ2) is 9.64. The maximum Gasteiger partial charge on any atom is 0.220 e. The molecule has 1 aliphatic rings. The molecule has 0 radical (unpaired) electrons. The van der Waals surface area contributed by atoms with Crippen molar-refractivity contribution in [1.82, 2.24) is 15.2 Å². The molecule has 6 heteroatoms. The standard InChI is InChI=1S/C17H29N3OS2/c1-13(2)20-7-4-5-15(10-20)9-18-17(21)6-8-22-11-16-12-23-14(3)19-16/h12-13,15H,4-11H2,1-3H3,(H,18,21)/t15-/m0/s1. The Morgan fingerprint density at radius 3 is 3.09 bits per heavy atom. The number of thioether (sulfide) groups is 1. The van der Waals surface area contributed by atoms with Crippen molar-refractivity contribution in [3.05, 3.63) is 16.1 Å². The van der Waals surface area contributed by atoms with Crippen LogP contribution in [0, 0.1) is 12.8 Å². The number of hydrogen-bond donors (Lipinski definition) is 1. The van der Waals surface area contributed by atoms with Gasteiger partial charge in [0.1, 0.15) is 0 Å². The third-order valence-corrected chi connectivity index (χ3v) is 6.07. The largest absolute Gasteiger partial charge is 0.356 e. The Morgan fingerprint density at radius 1 is 1.57 bits per heavy atom. The highest BCUT2D eigenvalue weighted by molar-refractivity contribution is 7.98. The van der Waals surface area contributed by atoms with Gasteiger partial charge in [-0.05, 0) is 46.1 Å². The first kappa shape index (κ1) is 18.7. The Morgan fingerprint density at radius 2 is 2.39 bits per heavy atom. The summed E-state index contributed by atoms with van der Waals surface area (Å²) in [5.41, 5.74) is 1.13. The van der Waals surface area contributed by atoms with Crippen LogP contribution in [-0.4, -0.2) is 47.2 Å². The van der Waals surface area contributed by atoms with E-state index in [1.165, 1.54) is 19.4 Å². The van der Waals surface area contributed by atoms with Crippen LogP contribution in [0.4, 0.5) is 0 Å². The molecule has 1 N–H and O–H groups in total. The van der Waals surface area contributed by atoms with Gasteiger partial charge in [-0.15, -0.1) is 11.3 Å². The summed E-state index contributed by atoms with van der Waals surface area (Å²) in [4.78, 5) is 18.9. The molecule has 2 heterocycles. The molecule has 1 aliphatic heterocycles. The molecule has 1 atom stereocenters. The van der Waals surface area contributed by atoms with Crippen molar-refractivity contribution < 1.29 is 4.79 Å². The van der Waals surface area contributed by atoms with Crippen molar-refractivity contribution in [2.45, 2.75) is 51.8 Å². The molecule has 4 nitrogen and oxygen atoms in total. The summed E-state index contributed by atoms with van der Waals surface area (Å²) in [6, 6.07) is 0.610. The van der Waals surface area contributed by atoms with Crippen LogP contribution in [0.3, 0.4) is 0 Å². The lowest BCUT2D eigenvalue weighted by atomic mass is 9.97. The first-order valence-corrected chi connectivity index (χ1v) is 10.6. The van der Waals surface area contributed by atoms with E-state index < -0.39 is 0 Å². The molecule has 130 valence electrons. The Balaban J connectivity index is 1.56. The first-order valence-electron chi connectivity index (χ1n) is 8.54. The summed E-state index contributed by atoms with van der Waals surface area (Å²) in [5.74, 6) is 2.57. The summed E-state index contributed by atoms with van der Waals surface area (Å²) in [5, 5.41) is 6.34. The predicted octanol–water partition coefficient (Wildman–Crippen LogP) is 3.31. The summed E-state index contributed by atoms with van der Waals surface area (Å²) < 4.78 is 0. The number of likely N-dealkylation sites (tertiary alicyclic amines) is 1. The number of nitrogens with zero attached hydrogens (tertiary/aromatic N) is 2. The van der Waals surface area contributed by atoms with Crippen molar-refractivity contribution >= 4 is 29.0 Å². The van der Waals surface area contributed by atoms with E-state index in [0.29, 0.717) is 18.4 Å². The highest BCUT2D eigenvalue weighted by Crippen LogP contribution is 2.18. The number of nitrogens with one attached hydrogen (secondary N) is 1. The molecule has 0 aromatic carbocycles. The number of aromatic nitrogens is 1. The van der Waals surface area contributed by atoms with Gasteiger partial charge in [0, 0.05) is 42.4 Å². The van der Waals surface area contributed by atoms with E-state index in [0.717, 1.165) is 35.3 Å². The highest BCUT2D eigenvalue weighted by Gasteiger charge is 2.21. The van der Waals surface area contributed by atoms with Crippen molar-refractivity contribution in [3.8, 4) is 0 Å². The van der Waals surface area contributed by atoms with Crippen LogP contribution >= 0.6 is 23.1 Å². The van der Waals surface area contributed by atoms with Gasteiger partial charge in [0.2, 0.25) is 5.91 Å². The summed E-state index contributed by atoms with van der Waals surface area (Å²) in [6.07, 6.45) is 3.09. The molecule has 1 fully saturated rings. The third kappa shape index (κ3) is 6.81. The second-order valence-corrected chi connectivity index (χ2v) is 8.73. The molecule has 23 heavy (non-hydrogen) atoms. The van der Waals surface area contributed by atoms with Crippen LogP contribution in [0.1, 0.15) is 43.8 Å². The Kier molecular flexibility index (Phi) is 7.86. The third-order valence-electron chi connectivity index (χ3n) is 4.26. The van der Waals surface area contributed by atoms with Crippen molar-refractivity contribution in [3.63, 3.8) is 0 Å². The molecule has 2 rings (SSSR count). The monoisotopic (exact) mass is 355 g/mol. The molecule has 1 aromatic rings. The van der Waals surface area contributed by atoms with E-state index in [1.54, 1.807) is 23.1 Å². The average molecular weight is 356 g/mol. The zero-order valence-corrected chi connectivity index (χ0v) is 16.1. The fraction of sp³-hybridized carbons (Fsp3) is 0.765. The van der Waals surface area contributed by atoms with Gasteiger partial charge < -0.3 is 10.2 Å². The summed E-state index contributed by atoms with van der Waals surface area (Å²) in [7, 11) is 0. The molecule has 1 aromatic heterocycles. The van der Waals surface area contributed by atoms with Gasteiger partial charge in [-0.25, -0.2) is 4.98 Å². The van der Waals surface area contributed by atoms with Crippen molar-refractivity contribution in [2.24, 2.45) is 5.92 Å². The van der Waals surface area contributed by atoms with E-state index in [2.05, 4.69) is 34.4 Å². The van der Waals surface area contributed by atoms with Crippen LogP contribution in [0.2, 0.25) is 0 Å². The zero-order chi connectivity index (χ0) is 16.7. The Bertz CT molecular complexity index is 490. The zero-order valence-electron chi connectivity index (χ0n) is 14.5. The highest BCUT2D eigenvalue weighted by atomic mass is 32.2. The molecule has 0 saturated carbocycles. The van der Waals surface area contributed by atoms with E-state index in [9.17, 15) is 4.79 Å². The number of carbonyl (C=O) groups is 1. The molecule has 1 amide bonds. The summed E-state index contributed by atoms with van der Waals surface area (Å²) >= 11 is 3.48. The number of aryl methyl sites for hydroxylation is 1. The van der Waals surface area contributed by atoms with Crippen LogP contribution < -0.4 is 5.32 Å². The van der Waals surface area contributed by atoms with Gasteiger partial charge in [0.25, 0.3) is 0 Å². The van der Waals surface area contributed by atoms with Gasteiger partial charge in [-0.2, -0.15) is 11.8 Å². The lowest BCUT2D eigenvalue weighted by Gasteiger charge is -2.35. The fourth-order valence-corrected chi connectivity index (χ4v) is 4.44. The smallest absolute Gasteiger partial charge is 0.220 e. The van der Waals surface area contributed by atoms with E-state index in [1.807, 2.05) is 6.92 Å². The number of rotatable bonds is 8. The predicted molar refractivity (Wildman–Crippen MR) is 100 cm³/mol. The lowest BCUT2D eigenvalue weighted by molar-refractivity contribution is -0.120. The van der Waals surface area contributed by atoms with E-state index in [4.69, 9.17) is 0 Å².